The van der Waals surface area contributed by atoms with Crippen LogP contribution in [-0.2, 0) is 11.3 Å². The lowest BCUT2D eigenvalue weighted by atomic mass is 10.2. The Hall–Kier alpha value is -1.78. The fraction of sp³-hybridized carbons (Fsp3) is 0.278. The lowest BCUT2D eigenvalue weighted by molar-refractivity contribution is -0.120. The maximum atomic E-state index is 12.3. The van der Waals surface area contributed by atoms with Crippen LogP contribution in [0, 0.1) is 0 Å². The molecular weight excluding hydrogens is 292 g/mol. The number of likely N-dealkylation sites (N-methyl/N-ethyl adjacent to an activating group) is 1. The lowest BCUT2D eigenvalue weighted by Crippen LogP contribution is -2.39. The topological polar surface area (TPSA) is 32.3 Å². The van der Waals surface area contributed by atoms with E-state index in [1.165, 1.54) is 10.5 Å². The third-order valence-electron chi connectivity index (χ3n) is 3.67. The number of benzene rings is 2. The van der Waals surface area contributed by atoms with Gasteiger partial charge in [-0.1, -0.05) is 30.3 Å². The van der Waals surface area contributed by atoms with Crippen molar-refractivity contribution in [3.8, 4) is 0 Å². The zero-order valence-electron chi connectivity index (χ0n) is 13.2. The second kappa shape index (κ2) is 8.01. The van der Waals surface area contributed by atoms with Gasteiger partial charge in [0.1, 0.15) is 0 Å². The van der Waals surface area contributed by atoms with Crippen LogP contribution >= 0.6 is 11.8 Å². The van der Waals surface area contributed by atoms with Gasteiger partial charge in [-0.3, -0.25) is 9.69 Å². The van der Waals surface area contributed by atoms with E-state index >= 15 is 0 Å². The molecule has 0 heterocycles. The molecule has 4 heteroatoms. The van der Waals surface area contributed by atoms with Crippen LogP contribution < -0.4 is 5.32 Å². The van der Waals surface area contributed by atoms with E-state index in [2.05, 4.69) is 35.8 Å². The highest BCUT2D eigenvalue weighted by molar-refractivity contribution is 7.98. The van der Waals surface area contributed by atoms with Gasteiger partial charge < -0.3 is 5.32 Å². The van der Waals surface area contributed by atoms with Crippen molar-refractivity contribution in [2.75, 3.05) is 18.6 Å². The summed E-state index contributed by atoms with van der Waals surface area (Å²) in [4.78, 5) is 15.6. The molecule has 0 fully saturated rings. The van der Waals surface area contributed by atoms with Gasteiger partial charge in [0, 0.05) is 17.1 Å². The molecule has 0 saturated heterocycles. The average molecular weight is 314 g/mol. The van der Waals surface area contributed by atoms with Crippen LogP contribution in [0.4, 0.5) is 5.69 Å². The summed E-state index contributed by atoms with van der Waals surface area (Å²) < 4.78 is 0. The van der Waals surface area contributed by atoms with Crippen LogP contribution in [0.3, 0.4) is 0 Å². The van der Waals surface area contributed by atoms with E-state index in [9.17, 15) is 4.79 Å². The Labute approximate surface area is 136 Å². The molecule has 0 bridgehead atoms. The van der Waals surface area contributed by atoms with Gasteiger partial charge in [0.05, 0.1) is 6.04 Å². The smallest absolute Gasteiger partial charge is 0.241 e. The SMILES string of the molecule is CSc1ccc(CN(C)[C@H](C)C(=O)Nc2ccccc2)cc1. The Balaban J connectivity index is 1.92. The van der Waals surface area contributed by atoms with Gasteiger partial charge >= 0.3 is 0 Å². The standard InChI is InChI=1S/C18H22N2OS/c1-14(18(21)19-16-7-5-4-6-8-16)20(2)13-15-9-11-17(22-3)12-10-15/h4-12,14H,13H2,1-3H3,(H,19,21)/t14-/m1/s1. The molecule has 22 heavy (non-hydrogen) atoms. The Morgan fingerprint density at radius 2 is 1.77 bits per heavy atom. The molecule has 0 aromatic heterocycles. The summed E-state index contributed by atoms with van der Waals surface area (Å²) in [6.45, 7) is 2.67. The number of thioether (sulfide) groups is 1. The van der Waals surface area contributed by atoms with Gasteiger partial charge in [0.2, 0.25) is 5.91 Å². The van der Waals surface area contributed by atoms with Crippen LogP contribution in [0.15, 0.2) is 59.5 Å². The Bertz CT molecular complexity index is 598. The van der Waals surface area contributed by atoms with Crippen molar-refractivity contribution in [1.82, 2.24) is 4.90 Å². The number of nitrogens with zero attached hydrogens (tertiary/aromatic N) is 1. The van der Waals surface area contributed by atoms with Crippen molar-refractivity contribution in [1.29, 1.82) is 0 Å². The first-order valence-corrected chi connectivity index (χ1v) is 8.51. The van der Waals surface area contributed by atoms with E-state index in [1.807, 2.05) is 49.2 Å². The summed E-state index contributed by atoms with van der Waals surface area (Å²) in [5.41, 5.74) is 2.04. The maximum absolute atomic E-state index is 12.3. The highest BCUT2D eigenvalue weighted by atomic mass is 32.2. The number of hydrogen-bond acceptors (Lipinski definition) is 3. The molecule has 1 atom stereocenters. The molecule has 0 unspecified atom stereocenters. The van der Waals surface area contributed by atoms with Crippen molar-refractivity contribution in [3.05, 3.63) is 60.2 Å². The second-order valence-electron chi connectivity index (χ2n) is 5.29. The van der Waals surface area contributed by atoms with Gasteiger partial charge in [-0.05, 0) is 50.1 Å². The first kappa shape index (κ1) is 16.6. The van der Waals surface area contributed by atoms with Gasteiger partial charge in [-0.2, -0.15) is 0 Å². The molecule has 0 aliphatic heterocycles. The maximum Gasteiger partial charge on any atom is 0.241 e. The minimum Gasteiger partial charge on any atom is -0.325 e. The molecule has 1 amide bonds. The number of carbonyl (C=O) groups excluding carboxylic acids is 1. The van der Waals surface area contributed by atoms with E-state index in [4.69, 9.17) is 0 Å². The van der Waals surface area contributed by atoms with Crippen molar-refractivity contribution in [3.63, 3.8) is 0 Å². The Kier molecular flexibility index (Phi) is 6.04. The van der Waals surface area contributed by atoms with Gasteiger partial charge in [0.25, 0.3) is 0 Å². The molecular formula is C18H22N2OS. The van der Waals surface area contributed by atoms with E-state index in [1.54, 1.807) is 11.8 Å². The van der Waals surface area contributed by atoms with Gasteiger partial charge in [0.15, 0.2) is 0 Å². The minimum atomic E-state index is -0.194. The summed E-state index contributed by atoms with van der Waals surface area (Å²) >= 11 is 1.73. The summed E-state index contributed by atoms with van der Waals surface area (Å²) in [6.07, 6.45) is 2.07. The van der Waals surface area contributed by atoms with Crippen LogP contribution in [-0.4, -0.2) is 30.2 Å². The third-order valence-corrected chi connectivity index (χ3v) is 4.42. The molecule has 2 rings (SSSR count). The summed E-state index contributed by atoms with van der Waals surface area (Å²) in [5.74, 6) is 0.00874. The molecule has 0 saturated carbocycles. The second-order valence-corrected chi connectivity index (χ2v) is 6.17. The number of rotatable bonds is 6. The van der Waals surface area contributed by atoms with Crippen LogP contribution in [0.2, 0.25) is 0 Å². The van der Waals surface area contributed by atoms with Gasteiger partial charge in [-0.15, -0.1) is 11.8 Å². The monoisotopic (exact) mass is 314 g/mol. The fourth-order valence-electron chi connectivity index (χ4n) is 2.12. The van der Waals surface area contributed by atoms with Crippen LogP contribution in [0.5, 0.6) is 0 Å². The lowest BCUT2D eigenvalue weighted by Gasteiger charge is -2.24. The van der Waals surface area contributed by atoms with E-state index in [0.29, 0.717) is 0 Å². The Morgan fingerprint density at radius 3 is 2.36 bits per heavy atom. The molecule has 116 valence electrons. The molecule has 0 radical (unpaired) electrons. The highest BCUT2D eigenvalue weighted by Crippen LogP contribution is 2.16. The number of amides is 1. The zero-order valence-corrected chi connectivity index (χ0v) is 14.1. The predicted molar refractivity (Wildman–Crippen MR) is 94.2 cm³/mol. The van der Waals surface area contributed by atoms with Crippen LogP contribution in [0.25, 0.3) is 0 Å². The van der Waals surface area contributed by atoms with Crippen molar-refractivity contribution in [2.45, 2.75) is 24.4 Å². The molecule has 2 aromatic rings. The summed E-state index contributed by atoms with van der Waals surface area (Å²) in [5, 5.41) is 2.94. The first-order chi connectivity index (χ1) is 10.6. The van der Waals surface area contributed by atoms with Crippen molar-refractivity contribution >= 4 is 23.4 Å². The van der Waals surface area contributed by atoms with Gasteiger partial charge in [-0.25, -0.2) is 0 Å². The van der Waals surface area contributed by atoms with E-state index < -0.39 is 0 Å². The fourth-order valence-corrected chi connectivity index (χ4v) is 2.53. The van der Waals surface area contributed by atoms with E-state index in [-0.39, 0.29) is 11.9 Å². The summed E-state index contributed by atoms with van der Waals surface area (Å²) in [6, 6.07) is 17.8. The molecule has 1 N–H and O–H groups in total. The number of anilines is 1. The van der Waals surface area contributed by atoms with Crippen molar-refractivity contribution in [2.24, 2.45) is 0 Å². The zero-order chi connectivity index (χ0) is 15.9. The van der Waals surface area contributed by atoms with Crippen molar-refractivity contribution < 1.29 is 4.79 Å². The minimum absolute atomic E-state index is 0.00874. The quantitative estimate of drug-likeness (QED) is 0.822. The number of hydrogen-bond donors (Lipinski definition) is 1. The molecule has 0 aliphatic rings. The molecule has 2 aromatic carbocycles. The predicted octanol–water partition coefficient (Wildman–Crippen LogP) is 3.87. The normalized spacial score (nSPS) is 12.2. The summed E-state index contributed by atoms with van der Waals surface area (Å²) in [7, 11) is 1.97. The van der Waals surface area contributed by atoms with E-state index in [0.717, 1.165) is 12.2 Å². The molecule has 3 nitrogen and oxygen atoms in total. The number of nitrogens with one attached hydrogen (secondary N) is 1. The Morgan fingerprint density at radius 1 is 1.14 bits per heavy atom. The number of carbonyl (C=O) groups is 1. The number of para-hydroxylation sites is 1. The highest BCUT2D eigenvalue weighted by Gasteiger charge is 2.18. The first-order valence-electron chi connectivity index (χ1n) is 7.29. The third kappa shape index (κ3) is 4.61. The molecule has 0 spiro atoms. The van der Waals surface area contributed by atoms with Crippen LogP contribution in [0.1, 0.15) is 12.5 Å². The largest absolute Gasteiger partial charge is 0.325 e. The molecule has 0 aliphatic carbocycles. The average Bonchev–Trinajstić information content (AvgIpc) is 2.55.